The number of likely N-dealkylation sites (tertiary alicyclic amines) is 1. The van der Waals surface area contributed by atoms with E-state index in [-0.39, 0.29) is 0 Å². The molecule has 0 N–H and O–H groups in total. The normalized spacial score (nSPS) is 32.5. The van der Waals surface area contributed by atoms with Crippen molar-refractivity contribution >= 4 is 17.4 Å². The van der Waals surface area contributed by atoms with Crippen LogP contribution in [0.3, 0.4) is 0 Å². The van der Waals surface area contributed by atoms with Crippen molar-refractivity contribution in [3.05, 3.63) is 22.4 Å². The van der Waals surface area contributed by atoms with Crippen molar-refractivity contribution in [2.45, 2.75) is 62.9 Å². The van der Waals surface area contributed by atoms with Crippen LogP contribution in [0, 0.1) is 0 Å². The standard InChI is InChI=1S/C17H24N2OS/c20-17(18-7-2-1-3-8-18)19-15-4-5-16(19)11-14(10-15)13-6-9-21-12-13/h6,9,12,14-16H,1-5,7-8,10-11H2/t14?,15-,16+. The summed E-state index contributed by atoms with van der Waals surface area (Å²) in [6, 6.07) is 3.59. The highest BCUT2D eigenvalue weighted by Crippen LogP contribution is 2.44. The number of carbonyl (C=O) groups excluding carboxylic acids is 1. The van der Waals surface area contributed by atoms with E-state index in [1.54, 1.807) is 11.3 Å². The van der Waals surface area contributed by atoms with Crippen molar-refractivity contribution in [1.29, 1.82) is 0 Å². The van der Waals surface area contributed by atoms with Crippen LogP contribution in [0.5, 0.6) is 0 Å². The van der Waals surface area contributed by atoms with Gasteiger partial charge < -0.3 is 9.80 Å². The molecule has 3 atom stereocenters. The summed E-state index contributed by atoms with van der Waals surface area (Å²) >= 11 is 1.80. The summed E-state index contributed by atoms with van der Waals surface area (Å²) in [4.78, 5) is 17.2. The molecule has 2 bridgehead atoms. The molecular formula is C17H24N2OS. The fourth-order valence-corrected chi connectivity index (χ4v) is 5.26. The van der Waals surface area contributed by atoms with Crippen molar-refractivity contribution in [3.8, 4) is 0 Å². The van der Waals surface area contributed by atoms with E-state index in [2.05, 4.69) is 26.6 Å². The van der Waals surface area contributed by atoms with Gasteiger partial charge in [0.25, 0.3) is 0 Å². The van der Waals surface area contributed by atoms with E-state index in [4.69, 9.17) is 0 Å². The monoisotopic (exact) mass is 304 g/mol. The van der Waals surface area contributed by atoms with Crippen LogP contribution in [0.4, 0.5) is 4.79 Å². The van der Waals surface area contributed by atoms with Crippen LogP contribution < -0.4 is 0 Å². The Morgan fingerprint density at radius 1 is 1.10 bits per heavy atom. The molecule has 3 fully saturated rings. The molecule has 4 heterocycles. The molecule has 3 aliphatic heterocycles. The summed E-state index contributed by atoms with van der Waals surface area (Å²) in [5, 5.41) is 4.48. The third-order valence-electron chi connectivity index (χ3n) is 5.60. The summed E-state index contributed by atoms with van der Waals surface area (Å²) in [6.45, 7) is 1.95. The van der Waals surface area contributed by atoms with E-state index >= 15 is 0 Å². The van der Waals surface area contributed by atoms with E-state index in [1.807, 2.05) is 0 Å². The maximum atomic E-state index is 12.9. The lowest BCUT2D eigenvalue weighted by molar-refractivity contribution is 0.0991. The fraction of sp³-hybridized carbons (Fsp3) is 0.706. The molecule has 1 aromatic heterocycles. The first kappa shape index (κ1) is 13.6. The van der Waals surface area contributed by atoms with Gasteiger partial charge in [-0.3, -0.25) is 0 Å². The average Bonchev–Trinajstić information content (AvgIpc) is 3.14. The number of fused-ring (bicyclic) bond motifs is 2. The molecule has 114 valence electrons. The molecule has 4 heteroatoms. The lowest BCUT2D eigenvalue weighted by Crippen LogP contribution is -2.52. The van der Waals surface area contributed by atoms with Crippen molar-refractivity contribution in [1.82, 2.24) is 9.80 Å². The zero-order valence-corrected chi connectivity index (χ0v) is 13.4. The largest absolute Gasteiger partial charge is 0.325 e. The summed E-state index contributed by atoms with van der Waals surface area (Å²) in [6.07, 6.45) is 8.44. The van der Waals surface area contributed by atoms with Crippen LogP contribution >= 0.6 is 11.3 Å². The second-order valence-corrected chi connectivity index (χ2v) is 7.63. The van der Waals surface area contributed by atoms with Gasteiger partial charge in [-0.05, 0) is 73.3 Å². The first-order valence-electron chi connectivity index (χ1n) is 8.42. The van der Waals surface area contributed by atoms with Crippen molar-refractivity contribution < 1.29 is 4.79 Å². The Hall–Kier alpha value is -1.03. The lowest BCUT2D eigenvalue weighted by Gasteiger charge is -2.42. The summed E-state index contributed by atoms with van der Waals surface area (Å²) < 4.78 is 0. The average molecular weight is 304 g/mol. The fourth-order valence-electron chi connectivity index (χ4n) is 4.52. The van der Waals surface area contributed by atoms with Gasteiger partial charge in [0, 0.05) is 25.2 Å². The smallest absolute Gasteiger partial charge is 0.320 e. The Kier molecular flexibility index (Phi) is 3.66. The molecule has 2 amide bonds. The van der Waals surface area contributed by atoms with Gasteiger partial charge in [-0.15, -0.1) is 0 Å². The van der Waals surface area contributed by atoms with Gasteiger partial charge in [0.15, 0.2) is 0 Å². The van der Waals surface area contributed by atoms with Crippen LogP contribution in [0.2, 0.25) is 0 Å². The highest BCUT2D eigenvalue weighted by molar-refractivity contribution is 7.07. The predicted molar refractivity (Wildman–Crippen MR) is 85.8 cm³/mol. The number of amides is 2. The van der Waals surface area contributed by atoms with Crippen molar-refractivity contribution in [3.63, 3.8) is 0 Å². The SMILES string of the molecule is O=C(N1CCCCC1)N1[C@@H]2CC[C@H]1CC(c1ccsc1)C2. The van der Waals surface area contributed by atoms with E-state index in [0.29, 0.717) is 24.0 Å². The van der Waals surface area contributed by atoms with E-state index in [1.165, 1.54) is 50.5 Å². The highest BCUT2D eigenvalue weighted by atomic mass is 32.1. The number of piperidine rings is 2. The molecule has 0 radical (unpaired) electrons. The number of rotatable bonds is 1. The van der Waals surface area contributed by atoms with E-state index in [0.717, 1.165) is 13.1 Å². The minimum atomic E-state index is 0.339. The second-order valence-electron chi connectivity index (χ2n) is 6.85. The minimum absolute atomic E-state index is 0.339. The number of urea groups is 1. The van der Waals surface area contributed by atoms with Gasteiger partial charge >= 0.3 is 6.03 Å². The third kappa shape index (κ3) is 2.48. The van der Waals surface area contributed by atoms with Crippen LogP contribution in [0.25, 0.3) is 0 Å². The first-order chi connectivity index (χ1) is 10.3. The highest BCUT2D eigenvalue weighted by Gasteiger charge is 2.44. The van der Waals surface area contributed by atoms with Gasteiger partial charge in [0.05, 0.1) is 0 Å². The number of thiophene rings is 1. The lowest BCUT2D eigenvalue weighted by atomic mass is 9.86. The molecule has 1 aromatic rings. The maximum absolute atomic E-state index is 12.9. The Morgan fingerprint density at radius 3 is 2.43 bits per heavy atom. The van der Waals surface area contributed by atoms with Crippen molar-refractivity contribution in [2.75, 3.05) is 13.1 Å². The summed E-state index contributed by atoms with van der Waals surface area (Å²) in [5.41, 5.74) is 1.50. The van der Waals surface area contributed by atoms with Crippen molar-refractivity contribution in [2.24, 2.45) is 0 Å². The molecule has 21 heavy (non-hydrogen) atoms. The van der Waals surface area contributed by atoms with Gasteiger partial charge in [0.1, 0.15) is 0 Å². The number of hydrogen-bond acceptors (Lipinski definition) is 2. The molecule has 0 saturated carbocycles. The Morgan fingerprint density at radius 2 is 1.81 bits per heavy atom. The number of nitrogens with zero attached hydrogens (tertiary/aromatic N) is 2. The van der Waals surface area contributed by atoms with Gasteiger partial charge in [-0.25, -0.2) is 4.79 Å². The molecule has 0 aromatic carbocycles. The topological polar surface area (TPSA) is 23.6 Å². The Bertz CT molecular complexity index is 481. The molecule has 3 saturated heterocycles. The second kappa shape index (κ2) is 5.64. The van der Waals surface area contributed by atoms with Gasteiger partial charge in [-0.1, -0.05) is 0 Å². The quantitative estimate of drug-likeness (QED) is 0.767. The Labute approximate surface area is 130 Å². The summed E-state index contributed by atoms with van der Waals surface area (Å²) in [5.74, 6) is 0.680. The first-order valence-corrected chi connectivity index (χ1v) is 9.36. The maximum Gasteiger partial charge on any atom is 0.320 e. The van der Waals surface area contributed by atoms with Crippen LogP contribution in [0.1, 0.15) is 56.4 Å². The van der Waals surface area contributed by atoms with Crippen LogP contribution in [0.15, 0.2) is 16.8 Å². The number of hydrogen-bond donors (Lipinski definition) is 0. The zero-order valence-electron chi connectivity index (χ0n) is 12.5. The van der Waals surface area contributed by atoms with Crippen LogP contribution in [-0.2, 0) is 0 Å². The van der Waals surface area contributed by atoms with Crippen LogP contribution in [-0.4, -0.2) is 41.0 Å². The molecule has 1 unspecified atom stereocenters. The van der Waals surface area contributed by atoms with Gasteiger partial charge in [-0.2, -0.15) is 11.3 Å². The predicted octanol–water partition coefficient (Wildman–Crippen LogP) is 4.06. The molecule has 3 aliphatic rings. The number of carbonyl (C=O) groups is 1. The zero-order chi connectivity index (χ0) is 14.2. The molecule has 4 rings (SSSR count). The third-order valence-corrected chi connectivity index (χ3v) is 6.30. The molecular weight excluding hydrogens is 280 g/mol. The van der Waals surface area contributed by atoms with Gasteiger partial charge in [0.2, 0.25) is 0 Å². The molecule has 0 aliphatic carbocycles. The minimum Gasteiger partial charge on any atom is -0.325 e. The molecule has 3 nitrogen and oxygen atoms in total. The van der Waals surface area contributed by atoms with E-state index in [9.17, 15) is 4.79 Å². The summed E-state index contributed by atoms with van der Waals surface area (Å²) in [7, 11) is 0. The molecule has 0 spiro atoms. The van der Waals surface area contributed by atoms with E-state index < -0.39 is 0 Å². The Balaban J connectivity index is 1.47.